The normalized spacial score (nSPS) is 14.1. The molecule has 0 fully saturated rings. The van der Waals surface area contributed by atoms with Gasteiger partial charge in [0, 0.05) is 25.1 Å². The monoisotopic (exact) mass is 225 g/mol. The van der Waals surface area contributed by atoms with Crippen LogP contribution in [-0.4, -0.2) is 11.5 Å². The number of benzene rings is 1. The fourth-order valence-electron chi connectivity index (χ4n) is 1.97. The summed E-state index contributed by atoms with van der Waals surface area (Å²) in [5.41, 5.74) is 2.46. The van der Waals surface area contributed by atoms with Crippen LogP contribution in [0.25, 0.3) is 11.5 Å². The highest BCUT2D eigenvalue weighted by molar-refractivity contribution is 5.56. The lowest BCUT2D eigenvalue weighted by Crippen LogP contribution is -2.22. The summed E-state index contributed by atoms with van der Waals surface area (Å²) < 4.78 is 5.73. The molecule has 0 radical (unpaired) electrons. The SMILES string of the molecule is N#Cc1cccc(-c2nc3c(o2)CCNC3)c1. The maximum Gasteiger partial charge on any atom is 0.226 e. The highest BCUT2D eigenvalue weighted by Gasteiger charge is 2.17. The first-order chi connectivity index (χ1) is 8.36. The summed E-state index contributed by atoms with van der Waals surface area (Å²) in [6.07, 6.45) is 0.875. The summed E-state index contributed by atoms with van der Waals surface area (Å²) >= 11 is 0. The highest BCUT2D eigenvalue weighted by atomic mass is 16.4. The molecule has 0 atom stereocenters. The van der Waals surface area contributed by atoms with Gasteiger partial charge >= 0.3 is 0 Å². The zero-order valence-electron chi connectivity index (χ0n) is 9.23. The second-order valence-electron chi connectivity index (χ2n) is 4.01. The molecule has 0 amide bonds. The van der Waals surface area contributed by atoms with Crippen LogP contribution in [0.5, 0.6) is 0 Å². The molecular weight excluding hydrogens is 214 g/mol. The summed E-state index contributed by atoms with van der Waals surface area (Å²) in [6, 6.07) is 9.44. The third-order valence-corrected chi connectivity index (χ3v) is 2.84. The fourth-order valence-corrected chi connectivity index (χ4v) is 1.97. The van der Waals surface area contributed by atoms with E-state index in [1.54, 1.807) is 12.1 Å². The minimum absolute atomic E-state index is 0.607. The van der Waals surface area contributed by atoms with E-state index in [0.29, 0.717) is 11.5 Å². The minimum Gasteiger partial charge on any atom is -0.441 e. The van der Waals surface area contributed by atoms with Crippen molar-refractivity contribution in [1.29, 1.82) is 5.26 Å². The van der Waals surface area contributed by atoms with Gasteiger partial charge in [-0.15, -0.1) is 0 Å². The quantitative estimate of drug-likeness (QED) is 0.804. The Labute approximate surface area is 98.9 Å². The summed E-state index contributed by atoms with van der Waals surface area (Å²) in [5, 5.41) is 12.1. The standard InChI is InChI=1S/C13H11N3O/c14-7-9-2-1-3-10(6-9)13-16-11-8-15-5-4-12(11)17-13/h1-3,6,15H,4-5,8H2. The average molecular weight is 225 g/mol. The van der Waals surface area contributed by atoms with E-state index in [-0.39, 0.29) is 0 Å². The van der Waals surface area contributed by atoms with E-state index in [1.807, 2.05) is 12.1 Å². The van der Waals surface area contributed by atoms with Crippen LogP contribution < -0.4 is 5.32 Å². The van der Waals surface area contributed by atoms with Gasteiger partial charge in [-0.05, 0) is 18.2 Å². The molecule has 1 aliphatic heterocycles. The van der Waals surface area contributed by atoms with Crippen molar-refractivity contribution in [2.75, 3.05) is 6.54 Å². The van der Waals surface area contributed by atoms with Crippen LogP contribution in [0.15, 0.2) is 28.7 Å². The molecule has 0 saturated heterocycles. The van der Waals surface area contributed by atoms with E-state index in [0.717, 1.165) is 36.5 Å². The van der Waals surface area contributed by atoms with Crippen LogP contribution in [-0.2, 0) is 13.0 Å². The molecule has 17 heavy (non-hydrogen) atoms. The van der Waals surface area contributed by atoms with Gasteiger partial charge in [0.1, 0.15) is 5.76 Å². The second kappa shape index (κ2) is 4.04. The molecule has 0 aliphatic carbocycles. The molecule has 0 bridgehead atoms. The summed E-state index contributed by atoms with van der Waals surface area (Å²) in [7, 11) is 0. The Hall–Kier alpha value is -2.12. The number of hydrogen-bond donors (Lipinski definition) is 1. The molecule has 2 aromatic rings. The Morgan fingerprint density at radius 3 is 3.18 bits per heavy atom. The third kappa shape index (κ3) is 1.81. The van der Waals surface area contributed by atoms with Crippen LogP contribution in [0.1, 0.15) is 17.0 Å². The van der Waals surface area contributed by atoms with E-state index in [4.69, 9.17) is 9.68 Å². The molecular formula is C13H11N3O. The predicted octanol–water partition coefficient (Wildman–Crippen LogP) is 1.86. The van der Waals surface area contributed by atoms with Crippen LogP contribution in [0.2, 0.25) is 0 Å². The molecule has 1 aromatic carbocycles. The number of rotatable bonds is 1. The number of aromatic nitrogens is 1. The van der Waals surface area contributed by atoms with Gasteiger partial charge in [-0.2, -0.15) is 5.26 Å². The van der Waals surface area contributed by atoms with Crippen molar-refractivity contribution in [3.63, 3.8) is 0 Å². The van der Waals surface area contributed by atoms with Crippen LogP contribution in [0.3, 0.4) is 0 Å². The summed E-state index contributed by atoms with van der Waals surface area (Å²) in [4.78, 5) is 4.46. The van der Waals surface area contributed by atoms with E-state index in [2.05, 4.69) is 16.4 Å². The summed E-state index contributed by atoms with van der Waals surface area (Å²) in [5.74, 6) is 1.57. The first-order valence-electron chi connectivity index (χ1n) is 5.56. The Kier molecular flexibility index (Phi) is 2.39. The molecule has 3 rings (SSSR count). The summed E-state index contributed by atoms with van der Waals surface area (Å²) in [6.45, 7) is 1.69. The van der Waals surface area contributed by atoms with Crippen molar-refractivity contribution in [3.8, 4) is 17.5 Å². The number of oxazole rings is 1. The first-order valence-corrected chi connectivity index (χ1v) is 5.56. The predicted molar refractivity (Wildman–Crippen MR) is 62.1 cm³/mol. The molecule has 4 heteroatoms. The third-order valence-electron chi connectivity index (χ3n) is 2.84. The average Bonchev–Trinajstić information content (AvgIpc) is 2.82. The molecule has 4 nitrogen and oxygen atoms in total. The van der Waals surface area contributed by atoms with Crippen LogP contribution >= 0.6 is 0 Å². The lowest BCUT2D eigenvalue weighted by Gasteiger charge is -2.08. The molecule has 1 aromatic heterocycles. The Bertz CT molecular complexity index is 571. The molecule has 1 N–H and O–H groups in total. The van der Waals surface area contributed by atoms with E-state index in [9.17, 15) is 0 Å². The molecule has 2 heterocycles. The van der Waals surface area contributed by atoms with Gasteiger partial charge in [0.05, 0.1) is 17.3 Å². The maximum absolute atomic E-state index is 8.86. The van der Waals surface area contributed by atoms with Gasteiger partial charge in [-0.3, -0.25) is 0 Å². The van der Waals surface area contributed by atoms with Gasteiger partial charge in [0.15, 0.2) is 0 Å². The van der Waals surface area contributed by atoms with Gasteiger partial charge in [0.2, 0.25) is 5.89 Å². The molecule has 0 unspecified atom stereocenters. The number of fused-ring (bicyclic) bond motifs is 1. The van der Waals surface area contributed by atoms with Gasteiger partial charge in [-0.25, -0.2) is 4.98 Å². The maximum atomic E-state index is 8.86. The zero-order valence-corrected chi connectivity index (χ0v) is 9.23. The molecule has 0 saturated carbocycles. The topological polar surface area (TPSA) is 61.9 Å². The molecule has 84 valence electrons. The number of nitrogens with one attached hydrogen (secondary N) is 1. The highest BCUT2D eigenvalue weighted by Crippen LogP contribution is 2.24. The van der Waals surface area contributed by atoms with Gasteiger partial charge in [0.25, 0.3) is 0 Å². The largest absolute Gasteiger partial charge is 0.441 e. The Morgan fingerprint density at radius 1 is 1.41 bits per heavy atom. The lowest BCUT2D eigenvalue weighted by molar-refractivity contribution is 0.483. The first kappa shape index (κ1) is 10.1. The second-order valence-corrected chi connectivity index (χ2v) is 4.01. The lowest BCUT2D eigenvalue weighted by atomic mass is 10.1. The Balaban J connectivity index is 2.03. The van der Waals surface area contributed by atoms with Crippen molar-refractivity contribution < 1.29 is 4.42 Å². The van der Waals surface area contributed by atoms with E-state index in [1.165, 1.54) is 0 Å². The van der Waals surface area contributed by atoms with Crippen molar-refractivity contribution in [3.05, 3.63) is 41.3 Å². The fraction of sp³-hybridized carbons (Fsp3) is 0.231. The van der Waals surface area contributed by atoms with Crippen molar-refractivity contribution in [2.45, 2.75) is 13.0 Å². The van der Waals surface area contributed by atoms with E-state index >= 15 is 0 Å². The smallest absolute Gasteiger partial charge is 0.226 e. The van der Waals surface area contributed by atoms with Crippen molar-refractivity contribution in [1.82, 2.24) is 10.3 Å². The number of nitrogens with zero attached hydrogens (tertiary/aromatic N) is 2. The van der Waals surface area contributed by atoms with Crippen molar-refractivity contribution >= 4 is 0 Å². The van der Waals surface area contributed by atoms with Gasteiger partial charge in [-0.1, -0.05) is 6.07 Å². The molecule has 1 aliphatic rings. The van der Waals surface area contributed by atoms with Gasteiger partial charge < -0.3 is 9.73 Å². The van der Waals surface area contributed by atoms with Crippen LogP contribution in [0, 0.1) is 11.3 Å². The van der Waals surface area contributed by atoms with E-state index < -0.39 is 0 Å². The number of hydrogen-bond acceptors (Lipinski definition) is 4. The Morgan fingerprint density at radius 2 is 2.35 bits per heavy atom. The number of nitriles is 1. The van der Waals surface area contributed by atoms with Crippen LogP contribution in [0.4, 0.5) is 0 Å². The van der Waals surface area contributed by atoms with Crippen molar-refractivity contribution in [2.24, 2.45) is 0 Å². The zero-order chi connectivity index (χ0) is 11.7. The minimum atomic E-state index is 0.607. The molecule has 0 spiro atoms.